The average molecular weight is 272 g/mol. The molecule has 1 aliphatic heterocycles. The monoisotopic (exact) mass is 272 g/mol. The van der Waals surface area contributed by atoms with Gasteiger partial charge in [-0.2, -0.15) is 0 Å². The number of fused-ring (bicyclic) bond motifs is 1. The van der Waals surface area contributed by atoms with Crippen LogP contribution in [-0.2, 0) is 9.31 Å². The number of hydrogen-bond donors (Lipinski definition) is 0. The van der Waals surface area contributed by atoms with Crippen molar-refractivity contribution in [2.24, 2.45) is 0 Å². The maximum atomic E-state index is 13.2. The van der Waals surface area contributed by atoms with Crippen molar-refractivity contribution in [1.29, 1.82) is 0 Å². The Morgan fingerprint density at radius 1 is 0.850 bits per heavy atom. The van der Waals surface area contributed by atoms with E-state index in [2.05, 4.69) is 0 Å². The standard InChI is InChI=1S/C16H18BFO2/c1-15(2)16(3,4)20-17(19-15)13-7-5-12-10-14(18)8-6-11(12)9-13/h5-10H,1-4H3. The van der Waals surface area contributed by atoms with Gasteiger partial charge in [0.1, 0.15) is 5.82 Å². The number of benzene rings is 2. The Bertz CT molecular complexity index is 651. The first-order valence-electron chi connectivity index (χ1n) is 6.83. The highest BCUT2D eigenvalue weighted by molar-refractivity contribution is 6.62. The molecule has 1 fully saturated rings. The zero-order valence-corrected chi connectivity index (χ0v) is 12.2. The second-order valence-corrected chi connectivity index (χ2v) is 6.34. The van der Waals surface area contributed by atoms with E-state index in [0.717, 1.165) is 16.2 Å². The summed E-state index contributed by atoms with van der Waals surface area (Å²) in [4.78, 5) is 0. The molecule has 0 aromatic heterocycles. The number of halogens is 1. The minimum absolute atomic E-state index is 0.221. The van der Waals surface area contributed by atoms with Gasteiger partial charge in [0.15, 0.2) is 0 Å². The van der Waals surface area contributed by atoms with Crippen molar-refractivity contribution in [3.8, 4) is 0 Å². The molecule has 3 rings (SSSR count). The molecule has 1 saturated heterocycles. The lowest BCUT2D eigenvalue weighted by atomic mass is 9.78. The summed E-state index contributed by atoms with van der Waals surface area (Å²) in [6, 6.07) is 10.6. The molecule has 0 bridgehead atoms. The zero-order valence-electron chi connectivity index (χ0n) is 12.2. The van der Waals surface area contributed by atoms with E-state index in [0.29, 0.717) is 0 Å². The van der Waals surface area contributed by atoms with Gasteiger partial charge in [0.2, 0.25) is 0 Å². The summed E-state index contributed by atoms with van der Waals surface area (Å²) in [7, 11) is -0.380. The van der Waals surface area contributed by atoms with Crippen LogP contribution in [0.25, 0.3) is 10.8 Å². The fraction of sp³-hybridized carbons (Fsp3) is 0.375. The molecule has 1 heterocycles. The largest absolute Gasteiger partial charge is 0.494 e. The zero-order chi connectivity index (χ0) is 14.5. The maximum absolute atomic E-state index is 13.2. The Morgan fingerprint density at radius 3 is 2.05 bits per heavy atom. The Kier molecular flexibility index (Phi) is 2.92. The van der Waals surface area contributed by atoms with Gasteiger partial charge in [0, 0.05) is 0 Å². The van der Waals surface area contributed by atoms with Crippen LogP contribution >= 0.6 is 0 Å². The second-order valence-electron chi connectivity index (χ2n) is 6.34. The summed E-state index contributed by atoms with van der Waals surface area (Å²) < 4.78 is 25.2. The third kappa shape index (κ3) is 2.13. The number of hydrogen-bond acceptors (Lipinski definition) is 2. The van der Waals surface area contributed by atoms with Crippen molar-refractivity contribution in [3.63, 3.8) is 0 Å². The smallest absolute Gasteiger partial charge is 0.399 e. The molecule has 2 aromatic rings. The van der Waals surface area contributed by atoms with Gasteiger partial charge in [-0.1, -0.05) is 24.3 Å². The van der Waals surface area contributed by atoms with E-state index in [1.54, 1.807) is 6.07 Å². The van der Waals surface area contributed by atoms with E-state index in [9.17, 15) is 4.39 Å². The third-order valence-corrected chi connectivity index (χ3v) is 4.35. The quantitative estimate of drug-likeness (QED) is 0.742. The molecule has 2 aromatic carbocycles. The summed E-state index contributed by atoms with van der Waals surface area (Å²) in [5.74, 6) is -0.221. The van der Waals surface area contributed by atoms with Crippen LogP contribution in [0.5, 0.6) is 0 Å². The van der Waals surface area contributed by atoms with Gasteiger partial charge in [-0.25, -0.2) is 4.39 Å². The van der Waals surface area contributed by atoms with Crippen LogP contribution in [0.3, 0.4) is 0 Å². The van der Waals surface area contributed by atoms with Gasteiger partial charge in [-0.3, -0.25) is 0 Å². The molecule has 0 spiro atoms. The van der Waals surface area contributed by atoms with Crippen LogP contribution in [0.2, 0.25) is 0 Å². The van der Waals surface area contributed by atoms with Gasteiger partial charge >= 0.3 is 7.12 Å². The lowest BCUT2D eigenvalue weighted by molar-refractivity contribution is 0.00578. The van der Waals surface area contributed by atoms with Gasteiger partial charge in [0.05, 0.1) is 11.2 Å². The van der Waals surface area contributed by atoms with Crippen LogP contribution in [0.1, 0.15) is 27.7 Å². The molecule has 0 saturated carbocycles. The van der Waals surface area contributed by atoms with Gasteiger partial charge in [-0.05, 0) is 56.1 Å². The minimum Gasteiger partial charge on any atom is -0.399 e. The fourth-order valence-electron chi connectivity index (χ4n) is 2.36. The van der Waals surface area contributed by atoms with Crippen molar-refractivity contribution in [2.75, 3.05) is 0 Å². The highest BCUT2D eigenvalue weighted by Gasteiger charge is 2.51. The molecule has 1 aliphatic rings. The molecule has 0 N–H and O–H groups in total. The SMILES string of the molecule is CC1(C)OB(c2ccc3cc(F)ccc3c2)OC1(C)C. The molecule has 4 heteroatoms. The minimum atomic E-state index is -0.380. The molecule has 0 amide bonds. The highest BCUT2D eigenvalue weighted by Crippen LogP contribution is 2.36. The van der Waals surface area contributed by atoms with Crippen LogP contribution < -0.4 is 5.46 Å². The first kappa shape index (κ1) is 13.6. The number of rotatable bonds is 1. The Labute approximate surface area is 119 Å². The van der Waals surface area contributed by atoms with E-state index < -0.39 is 0 Å². The summed E-state index contributed by atoms with van der Waals surface area (Å²) in [6.07, 6.45) is 0. The molecular formula is C16H18BFO2. The molecular weight excluding hydrogens is 254 g/mol. The van der Waals surface area contributed by atoms with Crippen LogP contribution in [0.15, 0.2) is 36.4 Å². The predicted octanol–water partition coefficient (Wildman–Crippen LogP) is 3.28. The van der Waals surface area contributed by atoms with Crippen LogP contribution in [0, 0.1) is 5.82 Å². The van der Waals surface area contributed by atoms with Crippen molar-refractivity contribution in [1.82, 2.24) is 0 Å². The first-order chi connectivity index (χ1) is 9.28. The molecule has 20 heavy (non-hydrogen) atoms. The van der Waals surface area contributed by atoms with Crippen LogP contribution in [-0.4, -0.2) is 18.3 Å². The van der Waals surface area contributed by atoms with Crippen molar-refractivity contribution in [2.45, 2.75) is 38.9 Å². The summed E-state index contributed by atoms with van der Waals surface area (Å²) >= 11 is 0. The molecule has 2 nitrogen and oxygen atoms in total. The molecule has 0 aliphatic carbocycles. The Hall–Kier alpha value is -1.39. The van der Waals surface area contributed by atoms with E-state index in [4.69, 9.17) is 9.31 Å². The third-order valence-electron chi connectivity index (χ3n) is 4.35. The fourth-order valence-corrected chi connectivity index (χ4v) is 2.36. The van der Waals surface area contributed by atoms with Gasteiger partial charge in [0.25, 0.3) is 0 Å². The van der Waals surface area contributed by atoms with Crippen molar-refractivity contribution < 1.29 is 13.7 Å². The summed E-state index contributed by atoms with van der Waals surface area (Å²) in [6.45, 7) is 8.12. The van der Waals surface area contributed by atoms with E-state index in [1.165, 1.54) is 12.1 Å². The van der Waals surface area contributed by atoms with Crippen molar-refractivity contribution >= 4 is 23.4 Å². The van der Waals surface area contributed by atoms with E-state index in [1.807, 2.05) is 45.9 Å². The van der Waals surface area contributed by atoms with E-state index in [-0.39, 0.29) is 24.1 Å². The second kappa shape index (κ2) is 4.30. The average Bonchev–Trinajstić information content (AvgIpc) is 2.58. The van der Waals surface area contributed by atoms with Gasteiger partial charge < -0.3 is 9.31 Å². The molecule has 0 atom stereocenters. The van der Waals surface area contributed by atoms with Crippen LogP contribution in [0.4, 0.5) is 4.39 Å². The highest BCUT2D eigenvalue weighted by atomic mass is 19.1. The summed E-state index contributed by atoms with van der Waals surface area (Å²) in [5.41, 5.74) is 0.257. The molecule has 104 valence electrons. The summed E-state index contributed by atoms with van der Waals surface area (Å²) in [5, 5.41) is 1.86. The molecule has 0 radical (unpaired) electrons. The van der Waals surface area contributed by atoms with Gasteiger partial charge in [-0.15, -0.1) is 0 Å². The first-order valence-corrected chi connectivity index (χ1v) is 6.83. The normalized spacial score (nSPS) is 20.6. The molecule has 0 unspecified atom stereocenters. The Balaban J connectivity index is 1.98. The topological polar surface area (TPSA) is 18.5 Å². The lowest BCUT2D eigenvalue weighted by Crippen LogP contribution is -2.41. The lowest BCUT2D eigenvalue weighted by Gasteiger charge is -2.32. The van der Waals surface area contributed by atoms with Crippen molar-refractivity contribution in [3.05, 3.63) is 42.2 Å². The van der Waals surface area contributed by atoms with E-state index >= 15 is 0 Å². The predicted molar refractivity (Wildman–Crippen MR) is 79.6 cm³/mol. The maximum Gasteiger partial charge on any atom is 0.494 e. The Morgan fingerprint density at radius 2 is 1.40 bits per heavy atom.